The molecule has 6 nitrogen and oxygen atoms in total. The van der Waals surface area contributed by atoms with Crippen LogP contribution in [0.5, 0.6) is 0 Å². The van der Waals surface area contributed by atoms with E-state index in [0.29, 0.717) is 0 Å². The van der Waals surface area contributed by atoms with Crippen molar-refractivity contribution in [1.82, 2.24) is 14.7 Å². The largest absolute Gasteiger partial charge is 0.480 e. The summed E-state index contributed by atoms with van der Waals surface area (Å²) in [5.41, 5.74) is 0.286. The van der Waals surface area contributed by atoms with Gasteiger partial charge in [0.05, 0.1) is 0 Å². The van der Waals surface area contributed by atoms with Crippen LogP contribution in [-0.2, 0) is 4.79 Å². The lowest BCUT2D eigenvalue weighted by molar-refractivity contribution is -0.138. The molecule has 1 heterocycles. The molecule has 2 aromatic rings. The Morgan fingerprint density at radius 1 is 1.32 bits per heavy atom. The van der Waals surface area contributed by atoms with Crippen molar-refractivity contribution in [3.63, 3.8) is 0 Å². The van der Waals surface area contributed by atoms with Gasteiger partial charge in [-0.3, -0.25) is 9.59 Å². The van der Waals surface area contributed by atoms with Crippen molar-refractivity contribution in [2.45, 2.75) is 19.9 Å². The highest BCUT2D eigenvalue weighted by Crippen LogP contribution is 2.13. The molecule has 0 aliphatic carbocycles. The van der Waals surface area contributed by atoms with E-state index < -0.39 is 24.2 Å². The Morgan fingerprint density at radius 2 is 2.00 bits per heavy atom. The van der Waals surface area contributed by atoms with Gasteiger partial charge in [-0.05, 0) is 32.0 Å². The molecular formula is C15H16FN3O3. The van der Waals surface area contributed by atoms with Gasteiger partial charge in [-0.1, -0.05) is 12.1 Å². The highest BCUT2D eigenvalue weighted by molar-refractivity contribution is 5.94. The Kier molecular flexibility index (Phi) is 4.55. The van der Waals surface area contributed by atoms with E-state index in [1.54, 1.807) is 26.0 Å². The summed E-state index contributed by atoms with van der Waals surface area (Å²) in [4.78, 5) is 24.4. The van der Waals surface area contributed by atoms with Crippen LogP contribution >= 0.6 is 0 Å². The van der Waals surface area contributed by atoms with E-state index in [4.69, 9.17) is 5.11 Å². The van der Waals surface area contributed by atoms with Gasteiger partial charge in [0.15, 0.2) is 5.69 Å². The fraction of sp³-hybridized carbons (Fsp3) is 0.267. The maximum Gasteiger partial charge on any atom is 0.323 e. The lowest BCUT2D eigenvalue weighted by Crippen LogP contribution is -2.40. The second kappa shape index (κ2) is 6.38. The van der Waals surface area contributed by atoms with Crippen LogP contribution in [0.25, 0.3) is 5.69 Å². The first kappa shape index (κ1) is 15.7. The molecule has 0 saturated carbocycles. The summed E-state index contributed by atoms with van der Waals surface area (Å²) in [7, 11) is 0. The zero-order chi connectivity index (χ0) is 16.3. The third kappa shape index (κ3) is 3.30. The highest BCUT2D eigenvalue weighted by atomic mass is 19.1. The van der Waals surface area contributed by atoms with Gasteiger partial charge in [-0.15, -0.1) is 0 Å². The van der Waals surface area contributed by atoms with E-state index >= 15 is 0 Å². The van der Waals surface area contributed by atoms with E-state index in [1.165, 1.54) is 34.0 Å². The van der Waals surface area contributed by atoms with Crippen LogP contribution in [-0.4, -0.2) is 44.3 Å². The molecule has 2 rings (SSSR count). The number of hydrogen-bond acceptors (Lipinski definition) is 3. The number of aliphatic carboxylic acids is 1. The zero-order valence-corrected chi connectivity index (χ0v) is 12.2. The van der Waals surface area contributed by atoms with Crippen LogP contribution in [0.3, 0.4) is 0 Å². The number of halogens is 1. The summed E-state index contributed by atoms with van der Waals surface area (Å²) < 4.78 is 15.0. The minimum atomic E-state index is -1.10. The number of hydrogen-bond donors (Lipinski definition) is 1. The van der Waals surface area contributed by atoms with Crippen LogP contribution in [0, 0.1) is 5.82 Å². The first-order valence-electron chi connectivity index (χ1n) is 6.73. The minimum Gasteiger partial charge on any atom is -0.480 e. The number of carbonyl (C=O) groups is 2. The van der Waals surface area contributed by atoms with Gasteiger partial charge < -0.3 is 10.0 Å². The number of carboxylic acids is 1. The Hall–Kier alpha value is -2.70. The molecule has 0 saturated heterocycles. The molecule has 0 bridgehead atoms. The van der Waals surface area contributed by atoms with Gasteiger partial charge in [0.25, 0.3) is 5.91 Å². The maximum absolute atomic E-state index is 13.7. The molecular weight excluding hydrogens is 289 g/mol. The van der Waals surface area contributed by atoms with Crippen molar-refractivity contribution in [3.05, 3.63) is 48.0 Å². The summed E-state index contributed by atoms with van der Waals surface area (Å²) in [6, 6.07) is 7.19. The summed E-state index contributed by atoms with van der Waals surface area (Å²) in [6.07, 6.45) is 1.46. The third-order valence-electron chi connectivity index (χ3n) is 3.10. The van der Waals surface area contributed by atoms with E-state index in [9.17, 15) is 14.0 Å². The summed E-state index contributed by atoms with van der Waals surface area (Å²) in [5.74, 6) is -2.07. The van der Waals surface area contributed by atoms with E-state index in [-0.39, 0.29) is 17.4 Å². The van der Waals surface area contributed by atoms with Crippen molar-refractivity contribution in [3.8, 4) is 5.69 Å². The molecule has 7 heteroatoms. The van der Waals surface area contributed by atoms with Crippen molar-refractivity contribution < 1.29 is 19.1 Å². The average Bonchev–Trinajstić information content (AvgIpc) is 2.93. The fourth-order valence-electron chi connectivity index (χ4n) is 1.99. The quantitative estimate of drug-likeness (QED) is 0.916. The maximum atomic E-state index is 13.7. The summed E-state index contributed by atoms with van der Waals surface area (Å²) in [6.45, 7) is 3.02. The molecule has 0 spiro atoms. The molecule has 1 amide bonds. The predicted molar refractivity (Wildman–Crippen MR) is 77.3 cm³/mol. The molecule has 1 N–H and O–H groups in total. The van der Waals surface area contributed by atoms with Crippen molar-refractivity contribution in [2.24, 2.45) is 0 Å². The molecule has 0 unspecified atom stereocenters. The normalized spacial score (nSPS) is 10.7. The number of amides is 1. The Morgan fingerprint density at radius 3 is 2.59 bits per heavy atom. The summed E-state index contributed by atoms with van der Waals surface area (Å²) >= 11 is 0. The van der Waals surface area contributed by atoms with Gasteiger partial charge in [-0.25, -0.2) is 9.07 Å². The Bertz CT molecular complexity index is 697. The first-order chi connectivity index (χ1) is 10.4. The van der Waals surface area contributed by atoms with Crippen LogP contribution in [0.1, 0.15) is 24.3 Å². The molecule has 116 valence electrons. The smallest absolute Gasteiger partial charge is 0.323 e. The van der Waals surface area contributed by atoms with Crippen LogP contribution in [0.15, 0.2) is 36.5 Å². The van der Waals surface area contributed by atoms with E-state index in [0.717, 1.165) is 0 Å². The molecule has 0 aliphatic heterocycles. The van der Waals surface area contributed by atoms with Gasteiger partial charge in [0.2, 0.25) is 0 Å². The molecule has 1 aromatic carbocycles. The number of carboxylic acid groups (broad SMARTS) is 1. The molecule has 0 atom stereocenters. The topological polar surface area (TPSA) is 75.4 Å². The monoisotopic (exact) mass is 305 g/mol. The van der Waals surface area contributed by atoms with Crippen LogP contribution in [0.2, 0.25) is 0 Å². The van der Waals surface area contributed by atoms with Gasteiger partial charge in [0, 0.05) is 12.2 Å². The van der Waals surface area contributed by atoms with Gasteiger partial charge in [-0.2, -0.15) is 5.10 Å². The fourth-order valence-corrected chi connectivity index (χ4v) is 1.99. The number of aromatic nitrogens is 2. The standard InChI is InChI=1S/C15H16FN3O3/c1-10(2)18(9-14(20)21)15(22)12-7-8-19(17-12)13-6-4-3-5-11(13)16/h3-8,10H,9H2,1-2H3,(H,20,21). The van der Waals surface area contributed by atoms with Crippen LogP contribution in [0.4, 0.5) is 4.39 Å². The number of benzene rings is 1. The van der Waals surface area contributed by atoms with E-state index in [1.807, 2.05) is 0 Å². The first-order valence-corrected chi connectivity index (χ1v) is 6.73. The molecule has 0 aliphatic rings. The number of rotatable bonds is 5. The predicted octanol–water partition coefficient (Wildman–Crippen LogP) is 1.95. The van der Waals surface area contributed by atoms with Crippen molar-refractivity contribution >= 4 is 11.9 Å². The number of nitrogens with zero attached hydrogens (tertiary/aromatic N) is 3. The number of carbonyl (C=O) groups excluding carboxylic acids is 1. The molecule has 0 fully saturated rings. The average molecular weight is 305 g/mol. The van der Waals surface area contributed by atoms with Crippen LogP contribution < -0.4 is 0 Å². The second-order valence-electron chi connectivity index (χ2n) is 5.02. The zero-order valence-electron chi connectivity index (χ0n) is 12.2. The summed E-state index contributed by atoms with van der Waals surface area (Å²) in [5, 5.41) is 12.9. The van der Waals surface area contributed by atoms with Gasteiger partial charge in [0.1, 0.15) is 18.0 Å². The van der Waals surface area contributed by atoms with E-state index in [2.05, 4.69) is 5.10 Å². The molecule has 0 radical (unpaired) electrons. The lowest BCUT2D eigenvalue weighted by Gasteiger charge is -2.23. The SMILES string of the molecule is CC(C)N(CC(=O)O)C(=O)c1ccn(-c2ccccc2F)n1. The highest BCUT2D eigenvalue weighted by Gasteiger charge is 2.23. The Balaban J connectivity index is 2.29. The van der Waals surface area contributed by atoms with Crippen molar-refractivity contribution in [1.29, 1.82) is 0 Å². The molecule has 1 aromatic heterocycles. The third-order valence-corrected chi connectivity index (χ3v) is 3.10. The second-order valence-corrected chi connectivity index (χ2v) is 5.02. The van der Waals surface area contributed by atoms with Gasteiger partial charge >= 0.3 is 5.97 Å². The van der Waals surface area contributed by atoms with Crippen molar-refractivity contribution in [2.75, 3.05) is 6.54 Å². The Labute approximate surface area is 126 Å². The number of para-hydroxylation sites is 1. The minimum absolute atomic E-state index is 0.0678. The lowest BCUT2D eigenvalue weighted by atomic mass is 10.2. The molecule has 22 heavy (non-hydrogen) atoms.